The number of piperidine rings is 1. The molecule has 26 heavy (non-hydrogen) atoms. The molecule has 0 aromatic heterocycles. The van der Waals surface area contributed by atoms with E-state index in [-0.39, 0.29) is 11.7 Å². The minimum absolute atomic E-state index is 0.184. The van der Waals surface area contributed by atoms with E-state index in [0.717, 1.165) is 76.2 Å². The Balaban J connectivity index is 1.32. The molecule has 0 radical (unpaired) electrons. The van der Waals surface area contributed by atoms with Crippen molar-refractivity contribution in [3.05, 3.63) is 41.7 Å². The van der Waals surface area contributed by atoms with E-state index >= 15 is 0 Å². The molecule has 0 bridgehead atoms. The van der Waals surface area contributed by atoms with Crippen molar-refractivity contribution in [1.82, 2.24) is 9.80 Å². The van der Waals surface area contributed by atoms with Crippen LogP contribution >= 0.6 is 0 Å². The van der Waals surface area contributed by atoms with Crippen LogP contribution in [0.2, 0.25) is 0 Å². The summed E-state index contributed by atoms with van der Waals surface area (Å²) in [7, 11) is 0. The number of rotatable bonds is 3. The second-order valence-corrected chi connectivity index (χ2v) is 7.67. The Morgan fingerprint density at radius 1 is 1.00 bits per heavy atom. The third kappa shape index (κ3) is 3.78. The van der Waals surface area contributed by atoms with Crippen LogP contribution in [0.25, 0.3) is 0 Å². The molecule has 0 saturated carbocycles. The monoisotopic (exact) mass is 357 g/mol. The van der Waals surface area contributed by atoms with Crippen molar-refractivity contribution >= 4 is 11.6 Å². The number of carbonyl (C=O) groups is 1. The van der Waals surface area contributed by atoms with Crippen molar-refractivity contribution in [3.8, 4) is 0 Å². The molecule has 3 aliphatic rings. The van der Waals surface area contributed by atoms with Gasteiger partial charge in [-0.2, -0.15) is 0 Å². The molecule has 4 rings (SSSR count). The first-order valence-corrected chi connectivity index (χ1v) is 9.93. The van der Waals surface area contributed by atoms with Crippen molar-refractivity contribution in [2.45, 2.75) is 38.1 Å². The van der Waals surface area contributed by atoms with Crippen molar-refractivity contribution < 1.29 is 9.18 Å². The highest BCUT2D eigenvalue weighted by molar-refractivity contribution is 5.93. The van der Waals surface area contributed by atoms with Crippen LogP contribution in [0.3, 0.4) is 0 Å². The average Bonchev–Trinajstić information content (AvgIpc) is 3.23. The number of halogens is 1. The maximum Gasteiger partial charge on any atom is 0.249 e. The number of anilines is 1. The second-order valence-electron chi connectivity index (χ2n) is 7.67. The predicted octanol–water partition coefficient (Wildman–Crippen LogP) is 3.05. The van der Waals surface area contributed by atoms with Gasteiger partial charge in [-0.05, 0) is 56.4 Å². The molecule has 1 unspecified atom stereocenters. The molecule has 1 amide bonds. The van der Waals surface area contributed by atoms with Gasteiger partial charge in [-0.25, -0.2) is 4.39 Å². The fourth-order valence-corrected chi connectivity index (χ4v) is 4.50. The molecule has 4 nitrogen and oxygen atoms in total. The van der Waals surface area contributed by atoms with Crippen LogP contribution in [0.4, 0.5) is 10.1 Å². The number of piperazine rings is 1. The molecule has 0 spiro atoms. The Morgan fingerprint density at radius 3 is 2.46 bits per heavy atom. The first-order valence-electron chi connectivity index (χ1n) is 9.93. The van der Waals surface area contributed by atoms with E-state index in [1.165, 1.54) is 18.6 Å². The minimum atomic E-state index is -0.184. The lowest BCUT2D eigenvalue weighted by molar-refractivity contribution is -0.129. The van der Waals surface area contributed by atoms with E-state index in [1.54, 1.807) is 0 Å². The lowest BCUT2D eigenvalue weighted by Gasteiger charge is -2.44. The molecule has 1 aliphatic carbocycles. The molecule has 1 aromatic rings. The Morgan fingerprint density at radius 2 is 1.77 bits per heavy atom. The number of allylic oxidation sites excluding steroid dienone is 1. The summed E-state index contributed by atoms with van der Waals surface area (Å²) in [6.45, 7) is 5.71. The minimum Gasteiger partial charge on any atom is -0.369 e. The largest absolute Gasteiger partial charge is 0.369 e. The Hall–Kier alpha value is -1.88. The molecule has 2 saturated heterocycles. The number of likely N-dealkylation sites (tertiary alicyclic amines) is 1. The molecule has 2 aliphatic heterocycles. The van der Waals surface area contributed by atoms with Crippen molar-refractivity contribution in [1.29, 1.82) is 0 Å². The summed E-state index contributed by atoms with van der Waals surface area (Å²) in [5.74, 6) is 0.0916. The SMILES string of the molecule is O=C(C1=CCCC1)N1CCCC(N2CCN(c3ccc(F)cc3)CC2)C1. The molecular weight excluding hydrogens is 329 g/mol. The highest BCUT2D eigenvalue weighted by Gasteiger charge is 2.31. The third-order valence-corrected chi connectivity index (χ3v) is 6.02. The summed E-state index contributed by atoms with van der Waals surface area (Å²) in [5.41, 5.74) is 2.13. The van der Waals surface area contributed by atoms with E-state index in [2.05, 4.69) is 20.8 Å². The molecule has 2 fully saturated rings. The van der Waals surface area contributed by atoms with Crippen LogP contribution in [0.15, 0.2) is 35.9 Å². The highest BCUT2D eigenvalue weighted by atomic mass is 19.1. The highest BCUT2D eigenvalue weighted by Crippen LogP contribution is 2.25. The molecule has 0 N–H and O–H groups in total. The standard InChI is InChI=1S/C21H28FN3O/c22-18-7-9-19(10-8-18)23-12-14-24(15-13-23)20-6-3-11-25(16-20)21(26)17-4-1-2-5-17/h4,7-10,20H,1-3,5-6,11-16H2. The van der Waals surface area contributed by atoms with Crippen molar-refractivity contribution in [2.24, 2.45) is 0 Å². The summed E-state index contributed by atoms with van der Waals surface area (Å²) < 4.78 is 13.1. The fraction of sp³-hybridized carbons (Fsp3) is 0.571. The molecular formula is C21H28FN3O. The number of benzene rings is 1. The zero-order valence-corrected chi connectivity index (χ0v) is 15.4. The summed E-state index contributed by atoms with van der Waals surface area (Å²) in [6.07, 6.45) is 7.55. The van der Waals surface area contributed by atoms with Gasteiger partial charge in [-0.15, -0.1) is 0 Å². The first-order chi connectivity index (χ1) is 12.7. The van der Waals surface area contributed by atoms with E-state index in [4.69, 9.17) is 0 Å². The van der Waals surface area contributed by atoms with E-state index < -0.39 is 0 Å². The zero-order chi connectivity index (χ0) is 17.9. The summed E-state index contributed by atoms with van der Waals surface area (Å²) in [5, 5.41) is 0. The number of amides is 1. The third-order valence-electron chi connectivity index (χ3n) is 6.02. The molecule has 1 aromatic carbocycles. The maximum atomic E-state index is 13.1. The van der Waals surface area contributed by atoms with Gasteiger partial charge in [-0.3, -0.25) is 9.69 Å². The van der Waals surface area contributed by atoms with E-state index in [1.807, 2.05) is 12.1 Å². The number of hydrogen-bond acceptors (Lipinski definition) is 3. The Labute approximate surface area is 155 Å². The Bertz CT molecular complexity index is 664. The molecule has 1 atom stereocenters. The van der Waals surface area contributed by atoms with Crippen LogP contribution in [0.1, 0.15) is 32.1 Å². The molecule has 140 valence electrons. The summed E-state index contributed by atoms with van der Waals surface area (Å²) in [6, 6.07) is 7.27. The van der Waals surface area contributed by atoms with Gasteiger partial charge in [0.1, 0.15) is 5.82 Å². The van der Waals surface area contributed by atoms with Gasteiger partial charge in [0.15, 0.2) is 0 Å². The van der Waals surface area contributed by atoms with E-state index in [9.17, 15) is 9.18 Å². The zero-order valence-electron chi connectivity index (χ0n) is 15.4. The number of carbonyl (C=O) groups excluding carboxylic acids is 1. The van der Waals surface area contributed by atoms with Crippen LogP contribution in [-0.4, -0.2) is 61.0 Å². The van der Waals surface area contributed by atoms with Crippen LogP contribution < -0.4 is 4.90 Å². The normalized spacial score (nSPS) is 24.7. The van der Waals surface area contributed by atoms with Crippen molar-refractivity contribution in [3.63, 3.8) is 0 Å². The second kappa shape index (κ2) is 7.78. The fourth-order valence-electron chi connectivity index (χ4n) is 4.50. The van der Waals surface area contributed by atoms with Gasteiger partial charge >= 0.3 is 0 Å². The van der Waals surface area contributed by atoms with Gasteiger partial charge in [0, 0.05) is 56.6 Å². The summed E-state index contributed by atoms with van der Waals surface area (Å²) in [4.78, 5) is 19.6. The molecule has 2 heterocycles. The first kappa shape index (κ1) is 17.5. The van der Waals surface area contributed by atoms with Gasteiger partial charge in [-0.1, -0.05) is 6.08 Å². The van der Waals surface area contributed by atoms with Crippen LogP contribution in [0, 0.1) is 5.82 Å². The van der Waals surface area contributed by atoms with Crippen LogP contribution in [0.5, 0.6) is 0 Å². The van der Waals surface area contributed by atoms with Gasteiger partial charge < -0.3 is 9.80 Å². The summed E-state index contributed by atoms with van der Waals surface area (Å²) >= 11 is 0. The Kier molecular flexibility index (Phi) is 5.25. The van der Waals surface area contributed by atoms with Crippen LogP contribution in [-0.2, 0) is 4.79 Å². The van der Waals surface area contributed by atoms with Gasteiger partial charge in [0.05, 0.1) is 0 Å². The molecule has 5 heteroatoms. The topological polar surface area (TPSA) is 26.8 Å². The predicted molar refractivity (Wildman–Crippen MR) is 102 cm³/mol. The van der Waals surface area contributed by atoms with Crippen molar-refractivity contribution in [2.75, 3.05) is 44.2 Å². The quantitative estimate of drug-likeness (QED) is 0.832. The average molecular weight is 357 g/mol. The van der Waals surface area contributed by atoms with E-state index in [0.29, 0.717) is 6.04 Å². The lowest BCUT2D eigenvalue weighted by Crippen LogP contribution is -2.56. The number of nitrogens with zero attached hydrogens (tertiary/aromatic N) is 3. The smallest absolute Gasteiger partial charge is 0.249 e. The van der Waals surface area contributed by atoms with Gasteiger partial charge in [0.2, 0.25) is 5.91 Å². The number of hydrogen-bond donors (Lipinski definition) is 0. The lowest BCUT2D eigenvalue weighted by atomic mass is 10.0. The van der Waals surface area contributed by atoms with Gasteiger partial charge in [0.25, 0.3) is 0 Å². The maximum absolute atomic E-state index is 13.1.